The van der Waals surface area contributed by atoms with E-state index < -0.39 is 36.2 Å². The Morgan fingerprint density at radius 3 is 0.711 bits per heavy atom. The summed E-state index contributed by atoms with van der Waals surface area (Å²) in [5.41, 5.74) is 0. The molecule has 272 valence electrons. The van der Waals surface area contributed by atoms with Gasteiger partial charge in [0.25, 0.3) is 0 Å². The van der Waals surface area contributed by atoms with Gasteiger partial charge >= 0.3 is 286 Å². The minimum atomic E-state index is -4.85. The van der Waals surface area contributed by atoms with E-state index in [4.69, 9.17) is 39.2 Å². The summed E-state index contributed by atoms with van der Waals surface area (Å²) < 4.78 is 66.5. The maximum absolute atomic E-state index is 7.02. The van der Waals surface area contributed by atoms with Gasteiger partial charge in [-0.1, -0.05) is 0 Å². The Hall–Kier alpha value is 0.748. The monoisotopic (exact) mass is 720 g/mol. The summed E-state index contributed by atoms with van der Waals surface area (Å²) in [4.78, 5) is 0. The van der Waals surface area contributed by atoms with Gasteiger partial charge in [0.05, 0.1) is 0 Å². The summed E-state index contributed by atoms with van der Waals surface area (Å²) in [6.07, 6.45) is 14.4. The molecule has 0 aliphatic heterocycles. The number of hydrogen-bond acceptors (Lipinski definition) is 10. The molecule has 0 radical (unpaired) electrons. The zero-order valence-corrected chi connectivity index (χ0v) is 34.1. The molecule has 0 saturated carbocycles. The van der Waals surface area contributed by atoms with E-state index in [0.29, 0.717) is 52.9 Å². The molecule has 0 N–H and O–H groups in total. The third-order valence-corrected chi connectivity index (χ3v) is 17.5. The number of unbranched alkanes of at least 4 members (excludes halogenated alkanes) is 8. The molecule has 0 aliphatic carbocycles. The van der Waals surface area contributed by atoms with Crippen LogP contribution in [0.1, 0.15) is 158 Å². The molecule has 0 atom stereocenters. The molecule has 13 heteroatoms. The molecule has 0 aromatic rings. The molecule has 0 unspecified atom stereocenters. The fourth-order valence-corrected chi connectivity index (χ4v) is 15.5. The van der Waals surface area contributed by atoms with E-state index >= 15 is 0 Å². The fraction of sp³-hybridized carbons (Fsp3) is 1.00. The Bertz CT molecular complexity index is 534. The average Bonchev–Trinajstić information content (AvgIpc) is 3.02. The molecule has 0 spiro atoms. The van der Waals surface area contributed by atoms with Gasteiger partial charge in [-0.15, -0.1) is 0 Å². The second-order valence-corrected chi connectivity index (χ2v) is 19.8. The van der Waals surface area contributed by atoms with Crippen LogP contribution in [0.3, 0.4) is 0 Å². The van der Waals surface area contributed by atoms with Crippen LogP contribution in [0, 0.1) is 0 Å². The third-order valence-electron chi connectivity index (χ3n) is 6.71. The van der Waals surface area contributed by atoms with Crippen molar-refractivity contribution in [2.75, 3.05) is 52.9 Å². The van der Waals surface area contributed by atoms with Crippen LogP contribution >= 0.6 is 0 Å². The van der Waals surface area contributed by atoms with E-state index in [1.165, 1.54) is 0 Å². The van der Waals surface area contributed by atoms with E-state index in [1.807, 2.05) is 0 Å². The van der Waals surface area contributed by atoms with Gasteiger partial charge in [-0.25, -0.2) is 0 Å². The molecule has 0 heterocycles. The normalized spacial score (nSPS) is 12.8. The molecule has 0 aliphatic rings. The number of rotatable bonds is 36. The van der Waals surface area contributed by atoms with Crippen molar-refractivity contribution in [1.29, 1.82) is 0 Å². The molecule has 0 aromatic heterocycles. The first kappa shape index (κ1) is 45.7. The summed E-state index contributed by atoms with van der Waals surface area (Å²) in [7, 11) is -7.63. The first-order valence-electron chi connectivity index (χ1n) is 18.4. The molecule has 0 aromatic carbocycles. The molecule has 0 amide bonds. The van der Waals surface area contributed by atoms with Gasteiger partial charge in [-0.3, -0.25) is 0 Å². The Morgan fingerprint density at radius 1 is 0.311 bits per heavy atom. The second-order valence-electron chi connectivity index (χ2n) is 11.3. The van der Waals surface area contributed by atoms with Gasteiger partial charge in [-0.2, -0.15) is 0 Å². The molecule has 0 rings (SSSR count). The molecule has 45 heavy (non-hydrogen) atoms. The summed E-state index contributed by atoms with van der Waals surface area (Å²) in [6.45, 7) is 20.5. The Balaban J connectivity index is 7.05. The van der Waals surface area contributed by atoms with Crippen LogP contribution in [0.2, 0.25) is 0 Å². The summed E-state index contributed by atoms with van der Waals surface area (Å²) in [5, 5.41) is 0. The third kappa shape index (κ3) is 22.2. The Kier molecular flexibility index (Phi) is 31.3. The van der Waals surface area contributed by atoms with Gasteiger partial charge in [-0.05, 0) is 0 Å². The van der Waals surface area contributed by atoms with E-state index in [9.17, 15) is 0 Å². The first-order valence-corrected chi connectivity index (χ1v) is 24.2. The van der Waals surface area contributed by atoms with Crippen molar-refractivity contribution in [3.05, 3.63) is 0 Å². The molecule has 0 saturated heterocycles. The van der Waals surface area contributed by atoms with Crippen molar-refractivity contribution in [2.24, 2.45) is 0 Å². The van der Waals surface area contributed by atoms with Gasteiger partial charge in [0.1, 0.15) is 0 Å². The molecule has 0 fully saturated rings. The predicted molar refractivity (Wildman–Crippen MR) is 181 cm³/mol. The van der Waals surface area contributed by atoms with Crippen molar-refractivity contribution in [3.63, 3.8) is 0 Å². The Morgan fingerprint density at radius 2 is 0.511 bits per heavy atom. The van der Waals surface area contributed by atoms with Gasteiger partial charge in [0, 0.05) is 0 Å². The molecule has 0 bridgehead atoms. The van der Waals surface area contributed by atoms with Crippen LogP contribution in [0.15, 0.2) is 0 Å². The van der Waals surface area contributed by atoms with Crippen molar-refractivity contribution >= 4 is 18.1 Å². The van der Waals surface area contributed by atoms with Crippen LogP contribution in [0.4, 0.5) is 0 Å². The SMILES string of the molecule is CCCCO[Si](OCCCC)(OCCCC)[O][Ti]([O]CCCC)([O]CCCC)[O][Si](OCCCC)(OCCCC)OCCCC. The van der Waals surface area contributed by atoms with Crippen LogP contribution in [0.25, 0.3) is 0 Å². The van der Waals surface area contributed by atoms with E-state index in [2.05, 4.69) is 55.4 Å². The second kappa shape index (κ2) is 30.8. The zero-order chi connectivity index (χ0) is 33.5. The number of hydrogen-bond donors (Lipinski definition) is 0. The van der Waals surface area contributed by atoms with Crippen LogP contribution in [-0.2, 0) is 57.3 Å². The van der Waals surface area contributed by atoms with E-state index in [-0.39, 0.29) is 0 Å². The standard InChI is InChI=1S/2C12H27O4Si.2C4H9O.Ti/c2*1-4-7-10-14-17(13,15-11-8-5-2)16-12-9-6-3;2*1-2-3-4-5;/h2*4-12H2,1-3H3;2*2-4H2,1H3;/q4*-1;+4. The molecular weight excluding hydrogens is 648 g/mol. The van der Waals surface area contributed by atoms with Gasteiger partial charge in [0.15, 0.2) is 0 Å². The summed E-state index contributed by atoms with van der Waals surface area (Å²) >= 11 is -4.85. The van der Waals surface area contributed by atoms with Crippen LogP contribution < -0.4 is 0 Å². The van der Waals surface area contributed by atoms with Crippen molar-refractivity contribution in [2.45, 2.75) is 158 Å². The van der Waals surface area contributed by atoms with Gasteiger partial charge in [0.2, 0.25) is 0 Å². The van der Waals surface area contributed by atoms with Crippen molar-refractivity contribution in [3.8, 4) is 0 Å². The first-order chi connectivity index (χ1) is 21.9. The van der Waals surface area contributed by atoms with Crippen molar-refractivity contribution < 1.29 is 57.3 Å². The van der Waals surface area contributed by atoms with Gasteiger partial charge < -0.3 is 0 Å². The minimum absolute atomic E-state index is 0.398. The average molecular weight is 721 g/mol. The quantitative estimate of drug-likeness (QED) is 0.0461. The maximum atomic E-state index is 7.02. The fourth-order valence-electron chi connectivity index (χ4n) is 3.65. The molecular formula is C32H72O10Si2Ti. The predicted octanol–water partition coefficient (Wildman–Crippen LogP) is 9.24. The zero-order valence-electron chi connectivity index (χ0n) is 30.6. The van der Waals surface area contributed by atoms with Crippen molar-refractivity contribution in [1.82, 2.24) is 0 Å². The Labute approximate surface area is 285 Å². The van der Waals surface area contributed by atoms with E-state index in [0.717, 1.165) is 103 Å². The summed E-state index contributed by atoms with van der Waals surface area (Å²) in [5.74, 6) is 0. The molecule has 10 nitrogen and oxygen atoms in total. The van der Waals surface area contributed by atoms with Crippen LogP contribution in [0.5, 0.6) is 0 Å². The topological polar surface area (TPSA) is 92.3 Å². The van der Waals surface area contributed by atoms with E-state index in [1.54, 1.807) is 0 Å². The van der Waals surface area contributed by atoms with Crippen LogP contribution in [-0.4, -0.2) is 71.0 Å². The summed E-state index contributed by atoms with van der Waals surface area (Å²) in [6, 6.07) is 0.